The normalized spacial score (nSPS) is 23.5. The Balaban J connectivity index is 2.33. The van der Waals surface area contributed by atoms with E-state index < -0.39 is 0 Å². The Morgan fingerprint density at radius 3 is 2.50 bits per heavy atom. The van der Waals surface area contributed by atoms with Gasteiger partial charge in [-0.2, -0.15) is 0 Å². The summed E-state index contributed by atoms with van der Waals surface area (Å²) < 4.78 is 0. The van der Waals surface area contributed by atoms with Crippen LogP contribution in [0.4, 0.5) is 0 Å². The van der Waals surface area contributed by atoms with Crippen molar-refractivity contribution in [2.24, 2.45) is 0 Å². The molecule has 0 heterocycles. The third kappa shape index (κ3) is 1.41. The van der Waals surface area contributed by atoms with Crippen LogP contribution in [0.15, 0.2) is 58.2 Å². The Bertz CT molecular complexity index is 409. The van der Waals surface area contributed by atoms with Gasteiger partial charge in [-0.25, -0.2) is 0 Å². The summed E-state index contributed by atoms with van der Waals surface area (Å²) in [6.07, 6.45) is 12.2. The summed E-state index contributed by atoms with van der Waals surface area (Å²) in [7, 11) is 0. The van der Waals surface area contributed by atoms with Gasteiger partial charge in [-0.15, -0.1) is 0 Å². The minimum absolute atomic E-state index is 1.12. The Morgan fingerprint density at radius 1 is 1.21 bits per heavy atom. The van der Waals surface area contributed by atoms with E-state index in [0.717, 1.165) is 6.42 Å². The lowest BCUT2D eigenvalue weighted by Crippen LogP contribution is -1.84. The van der Waals surface area contributed by atoms with Gasteiger partial charge in [-0.3, -0.25) is 0 Å². The first-order valence-corrected chi connectivity index (χ1v) is 5.15. The van der Waals surface area contributed by atoms with Gasteiger partial charge in [0.1, 0.15) is 0 Å². The van der Waals surface area contributed by atoms with Gasteiger partial charge >= 0.3 is 0 Å². The van der Waals surface area contributed by atoms with Crippen molar-refractivity contribution in [2.45, 2.75) is 27.2 Å². The molecule has 0 heteroatoms. The first kappa shape index (κ1) is 9.26. The van der Waals surface area contributed by atoms with Gasteiger partial charge in [-0.05, 0) is 55.6 Å². The Kier molecular flexibility index (Phi) is 2.28. The maximum Gasteiger partial charge on any atom is -0.0126 e. The summed E-state index contributed by atoms with van der Waals surface area (Å²) in [6, 6.07) is 0. The van der Waals surface area contributed by atoms with Crippen molar-refractivity contribution in [1.82, 2.24) is 0 Å². The summed E-state index contributed by atoms with van der Waals surface area (Å²) in [5.41, 5.74) is 7.07. The zero-order valence-corrected chi connectivity index (χ0v) is 9.09. The average molecular weight is 184 g/mol. The van der Waals surface area contributed by atoms with Crippen molar-refractivity contribution in [3.8, 4) is 0 Å². The molecule has 0 unspecified atom stereocenters. The molecule has 14 heavy (non-hydrogen) atoms. The molecule has 72 valence electrons. The summed E-state index contributed by atoms with van der Waals surface area (Å²) >= 11 is 0. The van der Waals surface area contributed by atoms with Crippen LogP contribution in [-0.4, -0.2) is 0 Å². The smallest absolute Gasteiger partial charge is 0.0126 e. The van der Waals surface area contributed by atoms with E-state index in [4.69, 9.17) is 0 Å². The van der Waals surface area contributed by atoms with Gasteiger partial charge in [-0.1, -0.05) is 29.9 Å². The number of allylic oxidation sites excluding steroid dienone is 10. The molecule has 2 aliphatic rings. The molecule has 0 radical (unpaired) electrons. The molecule has 0 aromatic rings. The lowest BCUT2D eigenvalue weighted by Gasteiger charge is -2.03. The lowest BCUT2D eigenvalue weighted by molar-refractivity contribution is 1.22. The van der Waals surface area contributed by atoms with Crippen LogP contribution in [0.5, 0.6) is 0 Å². The molecule has 0 fully saturated rings. The minimum Gasteiger partial charge on any atom is -0.0804 e. The van der Waals surface area contributed by atoms with Crippen LogP contribution >= 0.6 is 0 Å². The molecule has 0 aromatic heterocycles. The van der Waals surface area contributed by atoms with Gasteiger partial charge in [0.25, 0.3) is 0 Å². The van der Waals surface area contributed by atoms with E-state index in [1.54, 1.807) is 0 Å². The van der Waals surface area contributed by atoms with Crippen molar-refractivity contribution in [3.63, 3.8) is 0 Å². The topological polar surface area (TPSA) is 0 Å². The predicted octanol–water partition coefficient (Wildman–Crippen LogP) is 4.10. The van der Waals surface area contributed by atoms with E-state index in [1.807, 2.05) is 0 Å². The molecule has 2 aliphatic carbocycles. The molecule has 2 rings (SSSR count). The molecule has 0 aliphatic heterocycles. The van der Waals surface area contributed by atoms with E-state index >= 15 is 0 Å². The van der Waals surface area contributed by atoms with Gasteiger partial charge < -0.3 is 0 Å². The van der Waals surface area contributed by atoms with Gasteiger partial charge in [0, 0.05) is 0 Å². The highest BCUT2D eigenvalue weighted by atomic mass is 14.2. The maximum absolute atomic E-state index is 2.33. The van der Waals surface area contributed by atoms with E-state index in [9.17, 15) is 0 Å². The van der Waals surface area contributed by atoms with Crippen molar-refractivity contribution < 1.29 is 0 Å². The molecule has 0 saturated heterocycles. The summed E-state index contributed by atoms with van der Waals surface area (Å²) in [5.74, 6) is 0. The molecule has 0 atom stereocenters. The Hall–Kier alpha value is -1.30. The minimum atomic E-state index is 1.12. The molecule has 0 amide bonds. The fourth-order valence-electron chi connectivity index (χ4n) is 1.93. The summed E-state index contributed by atoms with van der Waals surface area (Å²) in [5, 5.41) is 0. The molecule has 0 N–H and O–H groups in total. The second kappa shape index (κ2) is 3.45. The standard InChI is InChI=1S/C14H16/c1-4-12-6-7-13(9-12)14-8-5-10(2)11(14)3/h4,6-9H,5H2,1-3H3. The van der Waals surface area contributed by atoms with Gasteiger partial charge in [0.05, 0.1) is 0 Å². The SMILES string of the molecule is CC=C1C=CC(C2=CCC(C)=C2C)=C1. The highest BCUT2D eigenvalue weighted by Crippen LogP contribution is 2.33. The second-order valence-electron chi connectivity index (χ2n) is 3.95. The molecule has 0 aromatic carbocycles. The first-order valence-electron chi connectivity index (χ1n) is 5.15. The molecule has 0 nitrogen and oxygen atoms in total. The Morgan fingerprint density at radius 2 is 2.00 bits per heavy atom. The molecular weight excluding hydrogens is 168 g/mol. The van der Waals surface area contributed by atoms with Crippen LogP contribution in [0.2, 0.25) is 0 Å². The largest absolute Gasteiger partial charge is 0.0804 e. The van der Waals surface area contributed by atoms with Crippen molar-refractivity contribution in [3.05, 3.63) is 58.2 Å². The fraction of sp³-hybridized carbons (Fsp3) is 0.286. The van der Waals surface area contributed by atoms with Crippen LogP contribution in [0, 0.1) is 0 Å². The van der Waals surface area contributed by atoms with Crippen LogP contribution < -0.4 is 0 Å². The van der Waals surface area contributed by atoms with E-state index in [-0.39, 0.29) is 0 Å². The fourth-order valence-corrected chi connectivity index (χ4v) is 1.93. The zero-order chi connectivity index (χ0) is 10.1. The third-order valence-corrected chi connectivity index (χ3v) is 3.08. The van der Waals surface area contributed by atoms with Crippen molar-refractivity contribution in [2.75, 3.05) is 0 Å². The van der Waals surface area contributed by atoms with Gasteiger partial charge in [0.2, 0.25) is 0 Å². The maximum atomic E-state index is 2.33. The number of rotatable bonds is 1. The predicted molar refractivity (Wildman–Crippen MR) is 62.1 cm³/mol. The van der Waals surface area contributed by atoms with Crippen LogP contribution in [0.3, 0.4) is 0 Å². The summed E-state index contributed by atoms with van der Waals surface area (Å²) in [4.78, 5) is 0. The van der Waals surface area contributed by atoms with Crippen molar-refractivity contribution >= 4 is 0 Å². The van der Waals surface area contributed by atoms with Crippen LogP contribution in [0.1, 0.15) is 27.2 Å². The monoisotopic (exact) mass is 184 g/mol. The quantitative estimate of drug-likeness (QED) is 0.575. The highest BCUT2D eigenvalue weighted by Gasteiger charge is 2.14. The third-order valence-electron chi connectivity index (χ3n) is 3.08. The molecule has 0 saturated carbocycles. The molecule has 0 spiro atoms. The number of hydrogen-bond acceptors (Lipinski definition) is 0. The molecular formula is C14H16. The average Bonchev–Trinajstić information content (AvgIpc) is 2.75. The Labute approximate surface area is 86.0 Å². The lowest BCUT2D eigenvalue weighted by atomic mass is 10.0. The first-order chi connectivity index (χ1) is 6.72. The second-order valence-corrected chi connectivity index (χ2v) is 3.95. The highest BCUT2D eigenvalue weighted by molar-refractivity contribution is 5.62. The van der Waals surface area contributed by atoms with Gasteiger partial charge in [0.15, 0.2) is 0 Å². The van der Waals surface area contributed by atoms with Crippen LogP contribution in [-0.2, 0) is 0 Å². The van der Waals surface area contributed by atoms with Crippen LogP contribution in [0.25, 0.3) is 0 Å². The summed E-state index contributed by atoms with van der Waals surface area (Å²) in [6.45, 7) is 6.52. The van der Waals surface area contributed by atoms with E-state index in [1.165, 1.54) is 27.9 Å². The van der Waals surface area contributed by atoms with E-state index in [2.05, 4.69) is 51.2 Å². The van der Waals surface area contributed by atoms with Crippen molar-refractivity contribution in [1.29, 1.82) is 0 Å². The zero-order valence-electron chi connectivity index (χ0n) is 9.09. The van der Waals surface area contributed by atoms with E-state index in [0.29, 0.717) is 0 Å². The molecule has 0 bridgehead atoms. The number of hydrogen-bond donors (Lipinski definition) is 0.